The summed E-state index contributed by atoms with van der Waals surface area (Å²) in [4.78, 5) is 64.5. The van der Waals surface area contributed by atoms with Crippen LogP contribution in [0.1, 0.15) is 162 Å². The van der Waals surface area contributed by atoms with Crippen LogP contribution in [0, 0.1) is 55.4 Å². The van der Waals surface area contributed by atoms with Gasteiger partial charge in [-0.1, -0.05) is 64.5 Å². The van der Waals surface area contributed by atoms with Crippen LogP contribution in [0.5, 0.6) is 0 Å². The molecule has 0 fully saturated rings. The summed E-state index contributed by atoms with van der Waals surface area (Å²) >= 11 is 3.65. The predicted octanol–water partition coefficient (Wildman–Crippen LogP) is 18.1. The number of carbonyl (C=O) groups excluding carboxylic acids is 4. The molecular weight excluding hydrogens is 949 g/mol. The molecule has 0 unspecified atom stereocenters. The highest BCUT2D eigenvalue weighted by molar-refractivity contribution is 7.28. The van der Waals surface area contributed by atoms with Gasteiger partial charge in [0, 0.05) is 48.9 Å². The van der Waals surface area contributed by atoms with E-state index < -0.39 is 0 Å². The van der Waals surface area contributed by atoms with Crippen LogP contribution in [0.3, 0.4) is 0 Å². The number of imide groups is 2. The first-order chi connectivity index (χ1) is 35.6. The molecule has 2 aliphatic rings. The van der Waals surface area contributed by atoms with Gasteiger partial charge in [-0.15, -0.1) is 22.7 Å². The number of amides is 4. The molecule has 0 radical (unpaired) electrons. The van der Waals surface area contributed by atoms with E-state index in [9.17, 15) is 4.79 Å². The zero-order valence-electron chi connectivity index (χ0n) is 44.3. The van der Waals surface area contributed by atoms with Gasteiger partial charge < -0.3 is 0 Å². The number of nitrogens with zero attached hydrogens (tertiary/aromatic N) is 2. The third kappa shape index (κ3) is 7.00. The van der Waals surface area contributed by atoms with Gasteiger partial charge in [-0.05, 0) is 234 Å². The number of benzene rings is 8. The Morgan fingerprint density at radius 2 is 0.878 bits per heavy atom. The number of fused-ring (bicyclic) bond motifs is 5. The van der Waals surface area contributed by atoms with Crippen molar-refractivity contribution < 1.29 is 19.2 Å². The van der Waals surface area contributed by atoms with E-state index in [1.165, 1.54) is 85.2 Å². The summed E-state index contributed by atoms with van der Waals surface area (Å²) in [6, 6.07) is 22.1. The fraction of sp³-hybridized carbons (Fsp3) is 0.303. The predicted molar refractivity (Wildman–Crippen MR) is 313 cm³/mol. The van der Waals surface area contributed by atoms with Gasteiger partial charge in [0.15, 0.2) is 0 Å². The minimum Gasteiger partial charge on any atom is -0.268 e. The standard InChI is InChI=1S/C66H62N2O4S2/c1-11-13-15-17-19-43-44(20-18-16-14-12-2)55-38(8)32-73-62(55)61-49(43)31-53(74-61)50-30-52-58-48(64(70)68(66(52)72)42-27-35(5)40(10)36(6)28-42)23-21-45-54-37(7)29-51-57-47(24-22-46(59(54)57)56(50)60(45)58)63(69)67(65(51)71)41-25-33(3)39(9)34(4)26-41/h21-32H,11-20H2,1-10H3. The van der Waals surface area contributed by atoms with Gasteiger partial charge in [-0.2, -0.15) is 0 Å². The Balaban J connectivity index is 1.18. The van der Waals surface area contributed by atoms with Crippen molar-refractivity contribution in [2.24, 2.45) is 0 Å². The van der Waals surface area contributed by atoms with Crippen LogP contribution in [0.25, 0.3) is 73.7 Å². The molecule has 8 heteroatoms. The monoisotopic (exact) mass is 1010 g/mol. The molecule has 0 aliphatic carbocycles. The zero-order valence-corrected chi connectivity index (χ0v) is 46.0. The topological polar surface area (TPSA) is 74.8 Å². The summed E-state index contributed by atoms with van der Waals surface area (Å²) in [6.45, 7) is 21.1. The Morgan fingerprint density at radius 3 is 1.42 bits per heavy atom. The maximum Gasteiger partial charge on any atom is 0.266 e. The quantitative estimate of drug-likeness (QED) is 0.0499. The Kier molecular flexibility index (Phi) is 11.7. The van der Waals surface area contributed by atoms with E-state index in [1.807, 2.05) is 106 Å². The number of thiophene rings is 2. The van der Waals surface area contributed by atoms with E-state index in [2.05, 4.69) is 58.2 Å². The number of aryl methyl sites for hydroxylation is 8. The number of unbranched alkanes of at least 4 members (excludes halogenated alkanes) is 6. The second-order valence-electron chi connectivity index (χ2n) is 21.6. The third-order valence-corrected chi connectivity index (χ3v) is 19.5. The number of hydrogen-bond acceptors (Lipinski definition) is 6. The highest BCUT2D eigenvalue weighted by Gasteiger charge is 2.40. The van der Waals surface area contributed by atoms with E-state index in [0.29, 0.717) is 44.4 Å². The van der Waals surface area contributed by atoms with Gasteiger partial charge in [0.25, 0.3) is 23.6 Å². The molecule has 0 N–H and O–H groups in total. The molecule has 8 aromatic carbocycles. The summed E-state index contributed by atoms with van der Waals surface area (Å²) in [5, 5.41) is 11.7. The highest BCUT2D eigenvalue weighted by Crippen LogP contribution is 2.54. The van der Waals surface area contributed by atoms with Crippen molar-refractivity contribution in [2.45, 2.75) is 133 Å². The Morgan fingerprint density at radius 1 is 0.392 bits per heavy atom. The molecule has 0 atom stereocenters. The highest BCUT2D eigenvalue weighted by atomic mass is 32.1. The second kappa shape index (κ2) is 18.0. The molecule has 0 spiro atoms. The molecule has 4 amide bonds. The number of carbonyl (C=O) groups is 4. The first-order valence-electron chi connectivity index (χ1n) is 26.8. The Labute approximate surface area is 441 Å². The Bertz CT molecular complexity index is 4080. The molecule has 0 bridgehead atoms. The van der Waals surface area contributed by atoms with Crippen LogP contribution in [-0.4, -0.2) is 23.6 Å². The minimum absolute atomic E-state index is 0.343. The summed E-state index contributed by atoms with van der Waals surface area (Å²) < 4.78 is 2.61. The molecule has 10 aromatic rings. The lowest BCUT2D eigenvalue weighted by Gasteiger charge is -2.32. The number of rotatable bonds is 13. The SMILES string of the molecule is CCCCCCc1c(CCCCCC)c2c(C)csc2c2sc(-c3cc4c5c(ccc6c7c(C)cc8c9c(ccc(c3c56)c97)C(=O)N(c3cc(C)c(C)c(C)c3)C8=O)C(=O)N(c3cc(C)c(C)c(C)c3)C4=O)cc12. The lowest BCUT2D eigenvalue weighted by molar-refractivity contribution is 0.0877. The van der Waals surface area contributed by atoms with Crippen LogP contribution >= 0.6 is 22.7 Å². The first kappa shape index (κ1) is 48.2. The average molecular weight is 1010 g/mol. The molecule has 2 aromatic heterocycles. The van der Waals surface area contributed by atoms with Crippen LogP contribution in [0.2, 0.25) is 0 Å². The van der Waals surface area contributed by atoms with Gasteiger partial charge in [0.05, 0.1) is 20.8 Å². The lowest BCUT2D eigenvalue weighted by atomic mass is 9.79. The molecule has 6 nitrogen and oxygen atoms in total. The summed E-state index contributed by atoms with van der Waals surface area (Å²) in [5.41, 5.74) is 15.5. The van der Waals surface area contributed by atoms with Gasteiger partial charge in [-0.25, -0.2) is 9.80 Å². The minimum atomic E-state index is -0.350. The summed E-state index contributed by atoms with van der Waals surface area (Å²) in [7, 11) is 0. The van der Waals surface area contributed by atoms with Crippen molar-refractivity contribution in [2.75, 3.05) is 9.80 Å². The van der Waals surface area contributed by atoms with Crippen LogP contribution < -0.4 is 9.80 Å². The smallest absolute Gasteiger partial charge is 0.266 e. The number of hydrogen-bond donors (Lipinski definition) is 0. The largest absolute Gasteiger partial charge is 0.268 e. The van der Waals surface area contributed by atoms with Crippen LogP contribution in [0.4, 0.5) is 11.4 Å². The van der Waals surface area contributed by atoms with Gasteiger partial charge in [0.1, 0.15) is 0 Å². The van der Waals surface area contributed by atoms with Crippen molar-refractivity contribution in [1.82, 2.24) is 0 Å². The summed E-state index contributed by atoms with van der Waals surface area (Å²) in [6.07, 6.45) is 11.5. The maximum absolute atomic E-state index is 15.6. The number of anilines is 2. The van der Waals surface area contributed by atoms with Crippen LogP contribution in [-0.2, 0) is 12.8 Å². The van der Waals surface area contributed by atoms with E-state index in [-0.39, 0.29) is 23.6 Å². The molecule has 74 heavy (non-hydrogen) atoms. The molecule has 4 heterocycles. The average Bonchev–Trinajstić information content (AvgIpc) is 4.00. The molecular formula is C66H62N2O4S2. The molecule has 0 saturated carbocycles. The van der Waals surface area contributed by atoms with Crippen molar-refractivity contribution in [3.05, 3.63) is 150 Å². The van der Waals surface area contributed by atoms with E-state index in [0.717, 1.165) is 107 Å². The maximum atomic E-state index is 15.6. The fourth-order valence-electron chi connectivity index (χ4n) is 12.9. The third-order valence-electron chi connectivity index (χ3n) is 17.1. The first-order valence-corrected chi connectivity index (χ1v) is 28.5. The van der Waals surface area contributed by atoms with Crippen molar-refractivity contribution in [1.29, 1.82) is 0 Å². The van der Waals surface area contributed by atoms with Crippen molar-refractivity contribution in [3.63, 3.8) is 0 Å². The van der Waals surface area contributed by atoms with Crippen molar-refractivity contribution >= 4 is 121 Å². The van der Waals surface area contributed by atoms with Gasteiger partial charge in [0.2, 0.25) is 0 Å². The molecule has 2 aliphatic heterocycles. The van der Waals surface area contributed by atoms with E-state index >= 15 is 14.4 Å². The normalized spacial score (nSPS) is 13.9. The van der Waals surface area contributed by atoms with Crippen LogP contribution in [0.15, 0.2) is 72.1 Å². The summed E-state index contributed by atoms with van der Waals surface area (Å²) in [5.74, 6) is -1.39. The van der Waals surface area contributed by atoms with Crippen molar-refractivity contribution in [3.8, 4) is 10.4 Å². The lowest BCUT2D eigenvalue weighted by Crippen LogP contribution is -2.41. The van der Waals surface area contributed by atoms with E-state index in [1.54, 1.807) is 0 Å². The van der Waals surface area contributed by atoms with Gasteiger partial charge in [-0.3, -0.25) is 19.2 Å². The fourth-order valence-corrected chi connectivity index (χ4v) is 15.3. The van der Waals surface area contributed by atoms with E-state index in [4.69, 9.17) is 0 Å². The zero-order chi connectivity index (χ0) is 51.8. The molecule has 0 saturated heterocycles. The Hall–Kier alpha value is -6.74. The molecule has 372 valence electrons. The second-order valence-corrected chi connectivity index (χ2v) is 23.6. The molecule has 12 rings (SSSR count). The van der Waals surface area contributed by atoms with Gasteiger partial charge >= 0.3 is 0 Å².